The highest BCUT2D eigenvalue weighted by atomic mass is 16.5. The number of ether oxygens (including phenoxy) is 1. The molecule has 0 bridgehead atoms. The van der Waals surface area contributed by atoms with E-state index >= 15 is 0 Å². The number of carbonyl (C=O) groups is 1. The summed E-state index contributed by atoms with van der Waals surface area (Å²) in [7, 11) is 4.02. The highest BCUT2D eigenvalue weighted by Gasteiger charge is 2.19. The van der Waals surface area contributed by atoms with Gasteiger partial charge < -0.3 is 19.6 Å². The molecular weight excluding hydrogens is 280 g/mol. The second-order valence-corrected chi connectivity index (χ2v) is 5.80. The van der Waals surface area contributed by atoms with Gasteiger partial charge in [-0.05, 0) is 32.6 Å². The van der Waals surface area contributed by atoms with Crippen molar-refractivity contribution in [3.8, 4) is 5.75 Å². The molecule has 1 atom stereocenters. The summed E-state index contributed by atoms with van der Waals surface area (Å²) in [4.78, 5) is 15.4. The van der Waals surface area contributed by atoms with Crippen LogP contribution in [0.4, 0.5) is 5.69 Å². The maximum Gasteiger partial charge on any atom is 0.308 e. The normalized spacial score (nSPS) is 12.2. The largest absolute Gasteiger partial charge is 0.491 e. The molecule has 22 heavy (non-hydrogen) atoms. The number of anilines is 1. The predicted molar refractivity (Wildman–Crippen MR) is 89.8 cm³/mol. The van der Waals surface area contributed by atoms with E-state index in [1.807, 2.05) is 38.4 Å². The zero-order valence-electron chi connectivity index (χ0n) is 14.1. The van der Waals surface area contributed by atoms with E-state index in [0.29, 0.717) is 13.2 Å². The molecule has 5 nitrogen and oxygen atoms in total. The van der Waals surface area contributed by atoms with Gasteiger partial charge >= 0.3 is 5.97 Å². The fraction of sp³-hybridized carbons (Fsp3) is 0.588. The molecule has 0 amide bonds. The third-order valence-corrected chi connectivity index (χ3v) is 3.40. The van der Waals surface area contributed by atoms with E-state index in [0.717, 1.165) is 30.9 Å². The number of para-hydroxylation sites is 2. The van der Waals surface area contributed by atoms with Crippen LogP contribution in [0.3, 0.4) is 0 Å². The van der Waals surface area contributed by atoms with Crippen molar-refractivity contribution < 1.29 is 14.6 Å². The molecule has 1 rings (SSSR count). The van der Waals surface area contributed by atoms with Gasteiger partial charge in [-0.25, -0.2) is 0 Å². The lowest BCUT2D eigenvalue weighted by molar-refractivity contribution is -0.140. The molecule has 0 aliphatic rings. The minimum absolute atomic E-state index is 0.429. The van der Waals surface area contributed by atoms with Crippen LogP contribution >= 0.6 is 0 Å². The van der Waals surface area contributed by atoms with E-state index in [9.17, 15) is 9.90 Å². The quantitative estimate of drug-likeness (QED) is 0.720. The van der Waals surface area contributed by atoms with Gasteiger partial charge in [0.1, 0.15) is 5.75 Å². The number of rotatable bonds is 10. The zero-order chi connectivity index (χ0) is 16.5. The Hall–Kier alpha value is -1.75. The highest BCUT2D eigenvalue weighted by molar-refractivity contribution is 5.71. The van der Waals surface area contributed by atoms with Crippen LogP contribution in [0.1, 0.15) is 20.3 Å². The van der Waals surface area contributed by atoms with Crippen LogP contribution in [0.15, 0.2) is 24.3 Å². The minimum Gasteiger partial charge on any atom is -0.491 e. The number of benzene rings is 1. The van der Waals surface area contributed by atoms with Crippen LogP contribution in [-0.4, -0.2) is 56.3 Å². The highest BCUT2D eigenvalue weighted by Crippen LogP contribution is 2.28. The number of carboxylic acids is 1. The van der Waals surface area contributed by atoms with Crippen molar-refractivity contribution in [2.75, 3.05) is 45.2 Å². The Kier molecular flexibility index (Phi) is 7.74. The molecule has 124 valence electrons. The van der Waals surface area contributed by atoms with E-state index in [1.54, 1.807) is 6.92 Å². The fourth-order valence-electron chi connectivity index (χ4n) is 2.09. The molecule has 0 aliphatic carbocycles. The third-order valence-electron chi connectivity index (χ3n) is 3.40. The SMILES string of the molecule is CCCOc1ccccc1N(CCN(C)C)CC(C)C(=O)O. The maximum atomic E-state index is 11.2. The molecule has 0 heterocycles. The molecule has 0 fully saturated rings. The van der Waals surface area contributed by atoms with Gasteiger partial charge in [0.15, 0.2) is 0 Å². The van der Waals surface area contributed by atoms with Crippen LogP contribution in [0.5, 0.6) is 5.75 Å². The fourth-order valence-corrected chi connectivity index (χ4v) is 2.09. The predicted octanol–water partition coefficient (Wildman–Crippen LogP) is 2.56. The maximum absolute atomic E-state index is 11.2. The van der Waals surface area contributed by atoms with Crippen molar-refractivity contribution in [2.24, 2.45) is 5.92 Å². The lowest BCUT2D eigenvalue weighted by atomic mass is 10.1. The van der Waals surface area contributed by atoms with Gasteiger partial charge in [0, 0.05) is 19.6 Å². The number of aliphatic carboxylic acids is 1. The summed E-state index contributed by atoms with van der Waals surface area (Å²) in [5.41, 5.74) is 0.964. The summed E-state index contributed by atoms with van der Waals surface area (Å²) < 4.78 is 5.81. The van der Waals surface area contributed by atoms with Gasteiger partial charge in [0.25, 0.3) is 0 Å². The van der Waals surface area contributed by atoms with Gasteiger partial charge in [-0.2, -0.15) is 0 Å². The van der Waals surface area contributed by atoms with Crippen molar-refractivity contribution in [1.29, 1.82) is 0 Å². The van der Waals surface area contributed by atoms with E-state index in [-0.39, 0.29) is 0 Å². The summed E-state index contributed by atoms with van der Waals surface area (Å²) >= 11 is 0. The van der Waals surface area contributed by atoms with Crippen molar-refractivity contribution in [1.82, 2.24) is 4.90 Å². The number of nitrogens with zero attached hydrogens (tertiary/aromatic N) is 2. The van der Waals surface area contributed by atoms with Crippen LogP contribution < -0.4 is 9.64 Å². The monoisotopic (exact) mass is 308 g/mol. The molecule has 5 heteroatoms. The van der Waals surface area contributed by atoms with Crippen molar-refractivity contribution in [2.45, 2.75) is 20.3 Å². The van der Waals surface area contributed by atoms with Gasteiger partial charge in [0.2, 0.25) is 0 Å². The lowest BCUT2D eigenvalue weighted by Crippen LogP contribution is -2.37. The van der Waals surface area contributed by atoms with Gasteiger partial charge in [0.05, 0.1) is 18.2 Å². The topological polar surface area (TPSA) is 53.0 Å². The van der Waals surface area contributed by atoms with Crippen LogP contribution in [0.25, 0.3) is 0 Å². The Morgan fingerprint density at radius 1 is 1.27 bits per heavy atom. The summed E-state index contributed by atoms with van der Waals surface area (Å²) in [6.45, 7) is 6.55. The van der Waals surface area contributed by atoms with Crippen molar-refractivity contribution in [3.05, 3.63) is 24.3 Å². The molecule has 0 aromatic heterocycles. The van der Waals surface area contributed by atoms with E-state index in [4.69, 9.17) is 4.74 Å². The van der Waals surface area contributed by atoms with Crippen LogP contribution in [0, 0.1) is 5.92 Å². The first-order valence-electron chi connectivity index (χ1n) is 7.80. The zero-order valence-corrected chi connectivity index (χ0v) is 14.1. The summed E-state index contributed by atoms with van der Waals surface area (Å²) in [6, 6.07) is 7.84. The molecule has 0 saturated carbocycles. The first kappa shape index (κ1) is 18.3. The summed E-state index contributed by atoms with van der Waals surface area (Å²) in [5, 5.41) is 9.20. The van der Waals surface area contributed by atoms with Gasteiger partial charge in [-0.15, -0.1) is 0 Å². The Bertz CT molecular complexity index is 463. The van der Waals surface area contributed by atoms with Crippen LogP contribution in [0.2, 0.25) is 0 Å². The molecule has 0 aliphatic heterocycles. The minimum atomic E-state index is -0.776. The lowest BCUT2D eigenvalue weighted by Gasteiger charge is -2.29. The molecule has 1 aromatic carbocycles. The molecule has 1 N–H and O–H groups in total. The van der Waals surface area contributed by atoms with E-state index in [2.05, 4.69) is 16.7 Å². The molecule has 1 aromatic rings. The molecular formula is C17H28N2O3. The smallest absolute Gasteiger partial charge is 0.308 e. The number of likely N-dealkylation sites (N-methyl/N-ethyl adjacent to an activating group) is 1. The first-order chi connectivity index (χ1) is 10.5. The van der Waals surface area contributed by atoms with Crippen molar-refractivity contribution in [3.63, 3.8) is 0 Å². The van der Waals surface area contributed by atoms with Crippen LogP contribution in [-0.2, 0) is 4.79 Å². The molecule has 0 spiro atoms. The van der Waals surface area contributed by atoms with E-state index < -0.39 is 11.9 Å². The average Bonchev–Trinajstić information content (AvgIpc) is 2.49. The Balaban J connectivity index is 2.95. The number of carboxylic acid groups (broad SMARTS) is 1. The van der Waals surface area contributed by atoms with Crippen molar-refractivity contribution >= 4 is 11.7 Å². The third kappa shape index (κ3) is 5.93. The Morgan fingerprint density at radius 3 is 2.55 bits per heavy atom. The summed E-state index contributed by atoms with van der Waals surface area (Å²) in [5.74, 6) is -0.385. The molecule has 0 saturated heterocycles. The standard InChI is InChI=1S/C17H28N2O3/c1-5-12-22-16-9-7-6-8-15(16)19(11-10-18(3)4)13-14(2)17(20)21/h6-9,14H,5,10-13H2,1-4H3,(H,20,21). The first-order valence-corrected chi connectivity index (χ1v) is 7.80. The number of hydrogen-bond donors (Lipinski definition) is 1. The van der Waals surface area contributed by atoms with Gasteiger partial charge in [-0.1, -0.05) is 26.0 Å². The molecule has 1 unspecified atom stereocenters. The second kappa shape index (κ2) is 9.30. The molecule has 0 radical (unpaired) electrons. The second-order valence-electron chi connectivity index (χ2n) is 5.80. The Morgan fingerprint density at radius 2 is 1.95 bits per heavy atom. The average molecular weight is 308 g/mol. The number of hydrogen-bond acceptors (Lipinski definition) is 4. The van der Waals surface area contributed by atoms with Gasteiger partial charge in [-0.3, -0.25) is 4.79 Å². The summed E-state index contributed by atoms with van der Waals surface area (Å²) in [6.07, 6.45) is 0.942. The van der Waals surface area contributed by atoms with E-state index in [1.165, 1.54) is 0 Å². The Labute approximate surface area is 133 Å².